The van der Waals surface area contributed by atoms with Gasteiger partial charge in [-0.3, -0.25) is 9.59 Å². The fraction of sp³-hybridized carbons (Fsp3) is 0.0417. The van der Waals surface area contributed by atoms with Crippen LogP contribution in [0.3, 0.4) is 0 Å². The molecule has 3 aromatic carbocycles. The van der Waals surface area contributed by atoms with Gasteiger partial charge < -0.3 is 15.7 Å². The monoisotopic (exact) mass is 477 g/mol. The summed E-state index contributed by atoms with van der Waals surface area (Å²) in [6, 6.07) is 16.4. The van der Waals surface area contributed by atoms with E-state index in [1.165, 1.54) is 35.2 Å². The quantitative estimate of drug-likeness (QED) is 0.371. The number of hydrogen-bond acceptors (Lipinski definition) is 6. The zero-order valence-electron chi connectivity index (χ0n) is 17.0. The van der Waals surface area contributed by atoms with Crippen LogP contribution in [-0.4, -0.2) is 21.9 Å². The van der Waals surface area contributed by atoms with Crippen molar-refractivity contribution in [2.24, 2.45) is 0 Å². The Balaban J connectivity index is 1.29. The third-order valence-corrected chi connectivity index (χ3v) is 7.18. The largest absolute Gasteiger partial charge is 0.508 e. The third-order valence-electron chi connectivity index (χ3n) is 5.00. The van der Waals surface area contributed by atoms with Crippen molar-refractivity contribution in [1.29, 1.82) is 0 Å². The van der Waals surface area contributed by atoms with E-state index < -0.39 is 5.82 Å². The van der Waals surface area contributed by atoms with Crippen LogP contribution < -0.4 is 10.6 Å². The van der Waals surface area contributed by atoms with E-state index >= 15 is 0 Å². The number of carbonyl (C=O) groups excluding carboxylic acids is 2. The molecule has 2 heterocycles. The number of benzene rings is 3. The number of halogens is 1. The van der Waals surface area contributed by atoms with Gasteiger partial charge in [-0.25, -0.2) is 9.37 Å². The summed E-state index contributed by atoms with van der Waals surface area (Å²) >= 11 is 2.73. The van der Waals surface area contributed by atoms with Gasteiger partial charge in [0.1, 0.15) is 16.6 Å². The predicted octanol–water partition coefficient (Wildman–Crippen LogP) is 5.30. The van der Waals surface area contributed by atoms with Crippen LogP contribution in [0.5, 0.6) is 5.75 Å². The molecule has 0 saturated heterocycles. The number of fused-ring (bicyclic) bond motifs is 2. The lowest BCUT2D eigenvalue weighted by Crippen LogP contribution is -2.22. The molecule has 0 radical (unpaired) electrons. The van der Waals surface area contributed by atoms with Gasteiger partial charge in [-0.2, -0.15) is 0 Å². The van der Waals surface area contributed by atoms with Gasteiger partial charge in [-0.1, -0.05) is 23.9 Å². The van der Waals surface area contributed by atoms with Crippen LogP contribution >= 0.6 is 23.1 Å². The van der Waals surface area contributed by atoms with E-state index in [0.29, 0.717) is 21.8 Å². The van der Waals surface area contributed by atoms with Crippen LogP contribution in [0.15, 0.2) is 76.7 Å². The number of nitrogens with one attached hydrogen (secondary N) is 2. The Labute approximate surface area is 196 Å². The first kappa shape index (κ1) is 21.2. The maximum absolute atomic E-state index is 14.1. The Morgan fingerprint density at radius 3 is 2.76 bits per heavy atom. The molecule has 0 aliphatic carbocycles. The second-order valence-corrected chi connectivity index (χ2v) is 9.44. The van der Waals surface area contributed by atoms with Gasteiger partial charge in [0.2, 0.25) is 0 Å². The molecule has 1 aliphatic heterocycles. The van der Waals surface area contributed by atoms with Crippen LogP contribution in [0.2, 0.25) is 0 Å². The minimum Gasteiger partial charge on any atom is -0.508 e. The van der Waals surface area contributed by atoms with Crippen molar-refractivity contribution in [3.05, 3.63) is 88.7 Å². The maximum Gasteiger partial charge on any atom is 0.256 e. The zero-order chi connectivity index (χ0) is 22.9. The average Bonchev–Trinajstić information content (AvgIpc) is 3.22. The molecule has 1 aromatic heterocycles. The van der Waals surface area contributed by atoms with Gasteiger partial charge in [0, 0.05) is 38.1 Å². The van der Waals surface area contributed by atoms with Gasteiger partial charge in [0.25, 0.3) is 11.8 Å². The van der Waals surface area contributed by atoms with Crippen LogP contribution in [0.25, 0.3) is 10.6 Å². The lowest BCUT2D eigenvalue weighted by molar-refractivity contribution is 0.0949. The molecule has 4 aromatic rings. The van der Waals surface area contributed by atoms with E-state index in [2.05, 4.69) is 15.6 Å². The van der Waals surface area contributed by atoms with E-state index in [9.17, 15) is 19.1 Å². The molecule has 0 fully saturated rings. The number of phenols is 1. The molecule has 0 atom stereocenters. The number of phenolic OH excluding ortho intramolecular Hbond substituents is 1. The first-order valence-corrected chi connectivity index (χ1v) is 11.6. The number of aromatic hydroxyl groups is 1. The van der Waals surface area contributed by atoms with Crippen LogP contribution in [0, 0.1) is 5.82 Å². The van der Waals surface area contributed by atoms with Gasteiger partial charge in [-0.15, -0.1) is 11.3 Å². The van der Waals surface area contributed by atoms with Crippen LogP contribution in [-0.2, 0) is 6.54 Å². The summed E-state index contributed by atoms with van der Waals surface area (Å²) in [6.45, 7) is 0.222. The summed E-state index contributed by atoms with van der Waals surface area (Å²) in [4.78, 5) is 32.0. The number of nitrogens with zero attached hydrogens (tertiary/aromatic N) is 1. The number of carbonyl (C=O) groups is 2. The molecule has 164 valence electrons. The topological polar surface area (TPSA) is 91.3 Å². The molecule has 6 nitrogen and oxygen atoms in total. The number of hydrogen-bond donors (Lipinski definition) is 3. The van der Waals surface area contributed by atoms with Crippen molar-refractivity contribution in [3.63, 3.8) is 0 Å². The highest BCUT2D eigenvalue weighted by Gasteiger charge is 2.21. The van der Waals surface area contributed by atoms with E-state index in [0.717, 1.165) is 20.7 Å². The molecular weight excluding hydrogens is 461 g/mol. The average molecular weight is 478 g/mol. The van der Waals surface area contributed by atoms with Gasteiger partial charge in [0.05, 0.1) is 17.8 Å². The standard InChI is InChI=1S/C24H16FN3O3S2/c25-18-10-14(29)6-7-16(18)24-27-12-15(32-24)11-26-22(30)13-5-8-21-19(9-13)28-23(31)17-3-1-2-4-20(17)33-21/h1-10,12,29H,11H2,(H,26,30)(H,28,31). The fourth-order valence-electron chi connectivity index (χ4n) is 3.37. The van der Waals surface area contributed by atoms with E-state index in [1.54, 1.807) is 24.4 Å². The first-order valence-electron chi connectivity index (χ1n) is 9.92. The second-order valence-electron chi connectivity index (χ2n) is 7.24. The van der Waals surface area contributed by atoms with E-state index in [1.807, 2.05) is 24.3 Å². The minimum atomic E-state index is -0.563. The molecule has 0 saturated carbocycles. The molecular formula is C24H16FN3O3S2. The number of thiazole rings is 1. The molecule has 0 bridgehead atoms. The highest BCUT2D eigenvalue weighted by molar-refractivity contribution is 7.99. The smallest absolute Gasteiger partial charge is 0.256 e. The number of rotatable bonds is 4. The molecule has 5 rings (SSSR count). The Morgan fingerprint density at radius 2 is 1.91 bits per heavy atom. The van der Waals surface area contributed by atoms with Crippen molar-refractivity contribution >= 4 is 40.6 Å². The molecule has 3 N–H and O–H groups in total. The van der Waals surface area contributed by atoms with E-state index in [-0.39, 0.29) is 29.7 Å². The van der Waals surface area contributed by atoms with E-state index in [4.69, 9.17) is 0 Å². The summed E-state index contributed by atoms with van der Waals surface area (Å²) in [5.74, 6) is -1.23. The third kappa shape index (κ3) is 4.33. The summed E-state index contributed by atoms with van der Waals surface area (Å²) in [5, 5.41) is 15.5. The SMILES string of the molecule is O=C(NCc1cnc(-c2ccc(O)cc2F)s1)c1ccc2c(c1)NC(=O)c1ccccc1S2. The minimum absolute atomic E-state index is 0.153. The Hall–Kier alpha value is -3.69. The molecule has 0 unspecified atom stereocenters. The number of amides is 2. The number of aromatic nitrogens is 1. The molecule has 1 aliphatic rings. The molecule has 0 spiro atoms. The zero-order valence-corrected chi connectivity index (χ0v) is 18.6. The highest BCUT2D eigenvalue weighted by atomic mass is 32.2. The Bertz CT molecular complexity index is 1400. The molecule has 9 heteroatoms. The normalized spacial score (nSPS) is 12.3. The van der Waals surface area contributed by atoms with Crippen LogP contribution in [0.1, 0.15) is 25.6 Å². The molecule has 33 heavy (non-hydrogen) atoms. The lowest BCUT2D eigenvalue weighted by Gasteiger charge is -2.09. The van der Waals surface area contributed by atoms with Crippen molar-refractivity contribution in [1.82, 2.24) is 10.3 Å². The first-order chi connectivity index (χ1) is 16.0. The lowest BCUT2D eigenvalue weighted by atomic mass is 10.1. The van der Waals surface area contributed by atoms with Crippen molar-refractivity contribution in [3.8, 4) is 16.3 Å². The van der Waals surface area contributed by atoms with Gasteiger partial charge in [-0.05, 0) is 42.5 Å². The molecule has 2 amide bonds. The highest BCUT2D eigenvalue weighted by Crippen LogP contribution is 2.39. The van der Waals surface area contributed by atoms with Crippen molar-refractivity contribution in [2.45, 2.75) is 16.3 Å². The summed E-state index contributed by atoms with van der Waals surface area (Å²) in [5.41, 5.74) is 1.87. The number of anilines is 1. The van der Waals surface area contributed by atoms with Gasteiger partial charge in [0.15, 0.2) is 0 Å². The van der Waals surface area contributed by atoms with Gasteiger partial charge >= 0.3 is 0 Å². The second kappa shape index (κ2) is 8.68. The fourth-order valence-corrected chi connectivity index (χ4v) is 5.26. The van der Waals surface area contributed by atoms with Crippen molar-refractivity contribution in [2.75, 3.05) is 5.32 Å². The maximum atomic E-state index is 14.1. The summed E-state index contributed by atoms with van der Waals surface area (Å²) in [6.07, 6.45) is 1.58. The van der Waals surface area contributed by atoms with Crippen LogP contribution in [0.4, 0.5) is 10.1 Å². The summed E-state index contributed by atoms with van der Waals surface area (Å²) < 4.78 is 14.1. The Morgan fingerprint density at radius 1 is 1.06 bits per heavy atom. The van der Waals surface area contributed by atoms with Crippen molar-refractivity contribution < 1.29 is 19.1 Å². The predicted molar refractivity (Wildman–Crippen MR) is 125 cm³/mol. The summed E-state index contributed by atoms with van der Waals surface area (Å²) in [7, 11) is 0. The Kier molecular flexibility index (Phi) is 5.57.